The average Bonchev–Trinajstić information content (AvgIpc) is 3.13. The fourth-order valence-corrected chi connectivity index (χ4v) is 4.73. The molecule has 2 aliphatic rings. The number of carbonyl (C=O) groups excluding carboxylic acids is 1. The molecule has 4 rings (SSSR count). The van der Waals surface area contributed by atoms with Crippen LogP contribution < -0.4 is 15.4 Å². The topological polar surface area (TPSA) is 63.5 Å². The smallest absolute Gasteiger partial charge is 0.220 e. The van der Waals surface area contributed by atoms with Crippen molar-refractivity contribution in [3.63, 3.8) is 0 Å². The van der Waals surface area contributed by atoms with Gasteiger partial charge >= 0.3 is 0 Å². The van der Waals surface area contributed by atoms with E-state index in [4.69, 9.17) is 9.15 Å². The van der Waals surface area contributed by atoms with Gasteiger partial charge in [-0.15, -0.1) is 12.4 Å². The van der Waals surface area contributed by atoms with Gasteiger partial charge in [0.1, 0.15) is 17.1 Å². The standard InChI is InChI=1S/C21H28N2O3.ClH/c1-12-18-11-17(25-3)6-7-19(18)26-21(12)13(2)22-20(24)10-14-8-15-4-5-16(9-14)23-15;/h6-7,11,13-16,23H,4-5,8-10H2,1-3H3,(H,22,24);1H. The summed E-state index contributed by atoms with van der Waals surface area (Å²) in [6.45, 7) is 4.03. The average molecular weight is 393 g/mol. The first-order valence-electron chi connectivity index (χ1n) is 9.66. The van der Waals surface area contributed by atoms with E-state index >= 15 is 0 Å². The number of aryl methyl sites for hydroxylation is 1. The zero-order valence-electron chi connectivity index (χ0n) is 16.2. The zero-order valence-corrected chi connectivity index (χ0v) is 17.0. The van der Waals surface area contributed by atoms with Crippen molar-refractivity contribution in [1.82, 2.24) is 10.6 Å². The minimum atomic E-state index is -0.140. The van der Waals surface area contributed by atoms with E-state index < -0.39 is 0 Å². The molecule has 2 bridgehead atoms. The van der Waals surface area contributed by atoms with Crippen LogP contribution in [0, 0.1) is 12.8 Å². The Morgan fingerprint density at radius 3 is 2.70 bits per heavy atom. The van der Waals surface area contributed by atoms with Gasteiger partial charge in [-0.2, -0.15) is 0 Å². The van der Waals surface area contributed by atoms with Gasteiger partial charge in [0.25, 0.3) is 0 Å². The molecule has 0 saturated carbocycles. The molecule has 3 unspecified atom stereocenters. The van der Waals surface area contributed by atoms with Gasteiger partial charge in [-0.1, -0.05) is 0 Å². The lowest BCUT2D eigenvalue weighted by molar-refractivity contribution is -0.123. The lowest BCUT2D eigenvalue weighted by Gasteiger charge is -2.29. The second-order valence-electron chi connectivity index (χ2n) is 7.92. The van der Waals surface area contributed by atoms with Crippen LogP contribution in [-0.4, -0.2) is 25.1 Å². The molecule has 6 heteroatoms. The summed E-state index contributed by atoms with van der Waals surface area (Å²) >= 11 is 0. The number of hydrogen-bond acceptors (Lipinski definition) is 4. The molecule has 2 saturated heterocycles. The number of nitrogens with one attached hydrogen (secondary N) is 2. The molecule has 148 valence electrons. The Morgan fingerprint density at radius 2 is 2.04 bits per heavy atom. The van der Waals surface area contributed by atoms with Crippen LogP contribution in [-0.2, 0) is 4.79 Å². The highest BCUT2D eigenvalue weighted by molar-refractivity contribution is 5.85. The molecule has 0 aliphatic carbocycles. The minimum Gasteiger partial charge on any atom is -0.497 e. The van der Waals surface area contributed by atoms with Crippen LogP contribution in [0.25, 0.3) is 11.0 Å². The van der Waals surface area contributed by atoms with Crippen molar-refractivity contribution in [3.05, 3.63) is 29.5 Å². The molecule has 5 nitrogen and oxygen atoms in total. The molecule has 3 atom stereocenters. The summed E-state index contributed by atoms with van der Waals surface area (Å²) in [6, 6.07) is 6.90. The summed E-state index contributed by atoms with van der Waals surface area (Å²) < 4.78 is 11.3. The number of amides is 1. The van der Waals surface area contributed by atoms with E-state index in [2.05, 4.69) is 10.6 Å². The van der Waals surface area contributed by atoms with Gasteiger partial charge in [0.15, 0.2) is 0 Å². The fourth-order valence-electron chi connectivity index (χ4n) is 4.73. The van der Waals surface area contributed by atoms with Crippen molar-refractivity contribution >= 4 is 29.3 Å². The lowest BCUT2D eigenvalue weighted by Crippen LogP contribution is -2.40. The van der Waals surface area contributed by atoms with Crippen molar-refractivity contribution in [2.24, 2.45) is 5.92 Å². The van der Waals surface area contributed by atoms with E-state index in [0.717, 1.165) is 40.9 Å². The van der Waals surface area contributed by atoms with E-state index in [-0.39, 0.29) is 24.4 Å². The Morgan fingerprint density at radius 1 is 1.33 bits per heavy atom. The van der Waals surface area contributed by atoms with Gasteiger partial charge in [0, 0.05) is 29.5 Å². The van der Waals surface area contributed by atoms with Crippen molar-refractivity contribution in [3.8, 4) is 5.75 Å². The number of piperidine rings is 1. The maximum Gasteiger partial charge on any atom is 0.220 e. The molecule has 3 heterocycles. The Balaban J connectivity index is 0.00000210. The summed E-state index contributed by atoms with van der Waals surface area (Å²) in [5, 5.41) is 7.81. The van der Waals surface area contributed by atoms with Crippen molar-refractivity contribution < 1.29 is 13.9 Å². The number of methoxy groups -OCH3 is 1. The maximum atomic E-state index is 12.6. The van der Waals surface area contributed by atoms with E-state index in [0.29, 0.717) is 24.4 Å². The Kier molecular flexibility index (Phi) is 6.02. The van der Waals surface area contributed by atoms with Crippen LogP contribution in [0.1, 0.15) is 56.4 Å². The summed E-state index contributed by atoms with van der Waals surface area (Å²) in [7, 11) is 1.66. The van der Waals surface area contributed by atoms with Gasteiger partial charge < -0.3 is 19.8 Å². The number of hydrogen-bond donors (Lipinski definition) is 2. The Bertz CT molecular complexity index is 807. The quantitative estimate of drug-likeness (QED) is 0.797. The van der Waals surface area contributed by atoms with Crippen LogP contribution in [0.15, 0.2) is 22.6 Å². The van der Waals surface area contributed by atoms with Crippen LogP contribution in [0.5, 0.6) is 5.75 Å². The minimum absolute atomic E-state index is 0. The third-order valence-corrected chi connectivity index (χ3v) is 6.00. The molecule has 2 N–H and O–H groups in total. The largest absolute Gasteiger partial charge is 0.497 e. The second kappa shape index (κ2) is 8.11. The van der Waals surface area contributed by atoms with Gasteiger partial charge in [-0.25, -0.2) is 0 Å². The van der Waals surface area contributed by atoms with Crippen molar-refractivity contribution in [1.29, 1.82) is 0 Å². The highest BCUT2D eigenvalue weighted by atomic mass is 35.5. The van der Waals surface area contributed by atoms with Gasteiger partial charge in [0.05, 0.1) is 13.2 Å². The SMILES string of the molecule is COc1ccc2oc(C(C)NC(=O)CC3CC4CCC(C3)N4)c(C)c2c1.Cl. The number of benzene rings is 1. The number of halogens is 1. The van der Waals surface area contributed by atoms with Crippen molar-refractivity contribution in [2.45, 2.75) is 64.1 Å². The molecular weight excluding hydrogens is 364 g/mol. The summed E-state index contributed by atoms with van der Waals surface area (Å²) in [4.78, 5) is 12.6. The fraction of sp³-hybridized carbons (Fsp3) is 0.571. The first kappa shape index (κ1) is 20.0. The summed E-state index contributed by atoms with van der Waals surface area (Å²) in [5.41, 5.74) is 1.89. The number of fused-ring (bicyclic) bond motifs is 3. The first-order valence-corrected chi connectivity index (χ1v) is 9.66. The van der Waals surface area contributed by atoms with E-state index in [1.54, 1.807) is 7.11 Å². The van der Waals surface area contributed by atoms with Gasteiger partial charge in [-0.3, -0.25) is 4.79 Å². The highest BCUT2D eigenvalue weighted by Crippen LogP contribution is 2.34. The normalized spacial score (nSPS) is 25.1. The molecule has 1 aromatic heterocycles. The molecule has 1 aromatic carbocycles. The molecule has 1 amide bonds. The van der Waals surface area contributed by atoms with Gasteiger partial charge in [-0.05, 0) is 63.6 Å². The predicted octanol–water partition coefficient (Wildman–Crippen LogP) is 4.27. The van der Waals surface area contributed by atoms with E-state index in [1.807, 2.05) is 32.0 Å². The Labute approximate surface area is 166 Å². The van der Waals surface area contributed by atoms with E-state index in [1.165, 1.54) is 12.8 Å². The van der Waals surface area contributed by atoms with Gasteiger partial charge in [0.2, 0.25) is 5.91 Å². The first-order chi connectivity index (χ1) is 12.5. The third-order valence-electron chi connectivity index (χ3n) is 6.00. The molecule has 2 aromatic rings. The van der Waals surface area contributed by atoms with Crippen molar-refractivity contribution in [2.75, 3.05) is 7.11 Å². The molecule has 27 heavy (non-hydrogen) atoms. The Hall–Kier alpha value is -1.72. The van der Waals surface area contributed by atoms with Crippen LogP contribution >= 0.6 is 12.4 Å². The number of rotatable bonds is 5. The molecular formula is C21H29ClN2O3. The molecule has 0 spiro atoms. The number of carbonyl (C=O) groups is 1. The van der Waals surface area contributed by atoms with Crippen LogP contribution in [0.3, 0.4) is 0 Å². The van der Waals surface area contributed by atoms with Crippen LogP contribution in [0.4, 0.5) is 0 Å². The van der Waals surface area contributed by atoms with Crippen LogP contribution in [0.2, 0.25) is 0 Å². The zero-order chi connectivity index (χ0) is 18.3. The third kappa shape index (κ3) is 4.09. The second-order valence-corrected chi connectivity index (χ2v) is 7.92. The number of furan rings is 1. The predicted molar refractivity (Wildman–Crippen MR) is 109 cm³/mol. The summed E-state index contributed by atoms with van der Waals surface area (Å²) in [5.74, 6) is 2.26. The summed E-state index contributed by atoms with van der Waals surface area (Å²) in [6.07, 6.45) is 5.40. The lowest BCUT2D eigenvalue weighted by atomic mass is 9.89. The molecule has 2 fully saturated rings. The highest BCUT2D eigenvalue weighted by Gasteiger charge is 2.34. The van der Waals surface area contributed by atoms with E-state index in [9.17, 15) is 4.79 Å². The maximum absolute atomic E-state index is 12.6. The molecule has 0 radical (unpaired) electrons. The number of ether oxygens (including phenoxy) is 1. The monoisotopic (exact) mass is 392 g/mol. The molecule has 2 aliphatic heterocycles.